The number of Topliss-reactive ketones (excluding diaryl/α,β-unsaturated/α-hetero) is 1. The number of carbonyl (C=O) groups is 2. The Balaban J connectivity index is 1.88. The number of benzene rings is 2. The molecule has 1 N–H and O–H groups in total. The first-order chi connectivity index (χ1) is 12.8. The molecule has 5 heteroatoms. The molecule has 0 aliphatic heterocycles. The lowest BCUT2D eigenvalue weighted by molar-refractivity contribution is -0.112. The zero-order valence-corrected chi connectivity index (χ0v) is 15.8. The van der Waals surface area contributed by atoms with Crippen molar-refractivity contribution in [2.75, 3.05) is 5.32 Å². The van der Waals surface area contributed by atoms with E-state index in [2.05, 4.69) is 5.32 Å². The summed E-state index contributed by atoms with van der Waals surface area (Å²) in [6.45, 7) is 7.54. The molecule has 3 rings (SSSR count). The average Bonchev–Trinajstić information content (AvgIpc) is 2.93. The molecule has 2 aromatic carbocycles. The topological polar surface area (TPSA) is 51.1 Å². The second-order valence-corrected chi connectivity index (χ2v) is 6.68. The van der Waals surface area contributed by atoms with Crippen molar-refractivity contribution in [2.24, 2.45) is 0 Å². The van der Waals surface area contributed by atoms with E-state index >= 15 is 0 Å². The van der Waals surface area contributed by atoms with E-state index in [9.17, 15) is 14.0 Å². The van der Waals surface area contributed by atoms with Crippen LogP contribution in [0.3, 0.4) is 0 Å². The minimum absolute atomic E-state index is 0.328. The molecule has 0 bridgehead atoms. The maximum absolute atomic E-state index is 13.2. The molecule has 0 radical (unpaired) electrons. The van der Waals surface area contributed by atoms with Gasteiger partial charge in [-0.15, -0.1) is 0 Å². The van der Waals surface area contributed by atoms with Crippen molar-refractivity contribution in [3.8, 4) is 5.69 Å². The van der Waals surface area contributed by atoms with Gasteiger partial charge in [0.15, 0.2) is 0 Å². The van der Waals surface area contributed by atoms with Crippen LogP contribution in [0.25, 0.3) is 5.69 Å². The molecule has 3 aromatic rings. The number of amides is 1. The van der Waals surface area contributed by atoms with Gasteiger partial charge in [-0.05, 0) is 81.3 Å². The van der Waals surface area contributed by atoms with Crippen molar-refractivity contribution < 1.29 is 14.0 Å². The Morgan fingerprint density at radius 2 is 1.56 bits per heavy atom. The lowest BCUT2D eigenvalue weighted by Gasteiger charge is -2.10. The fourth-order valence-corrected chi connectivity index (χ4v) is 3.11. The number of carbonyl (C=O) groups excluding carboxylic acids is 2. The van der Waals surface area contributed by atoms with Crippen molar-refractivity contribution in [1.29, 1.82) is 0 Å². The lowest BCUT2D eigenvalue weighted by atomic mass is 10.1. The van der Waals surface area contributed by atoms with Gasteiger partial charge in [0, 0.05) is 28.3 Å². The van der Waals surface area contributed by atoms with Crippen molar-refractivity contribution in [2.45, 2.75) is 27.7 Å². The Kier molecular flexibility index (Phi) is 4.95. The SMILES string of the molecule is Cc1ccc(NC(=O)C(=O)c2cc(C)n(-c3ccc(F)cc3)c2C)cc1C. The van der Waals surface area contributed by atoms with E-state index in [1.807, 2.05) is 37.5 Å². The maximum atomic E-state index is 13.2. The predicted octanol–water partition coefficient (Wildman–Crippen LogP) is 4.67. The molecule has 1 aromatic heterocycles. The second-order valence-electron chi connectivity index (χ2n) is 6.68. The zero-order chi connectivity index (χ0) is 19.7. The lowest BCUT2D eigenvalue weighted by Crippen LogP contribution is -2.23. The molecule has 0 saturated carbocycles. The van der Waals surface area contributed by atoms with E-state index in [0.29, 0.717) is 16.9 Å². The van der Waals surface area contributed by atoms with Gasteiger partial charge in [-0.25, -0.2) is 4.39 Å². The summed E-state index contributed by atoms with van der Waals surface area (Å²) in [6, 6.07) is 13.2. The molecule has 27 heavy (non-hydrogen) atoms. The fourth-order valence-electron chi connectivity index (χ4n) is 3.11. The normalized spacial score (nSPS) is 10.7. The summed E-state index contributed by atoms with van der Waals surface area (Å²) in [7, 11) is 0. The van der Waals surface area contributed by atoms with Gasteiger partial charge in [0.1, 0.15) is 5.82 Å². The second kappa shape index (κ2) is 7.19. The number of ketones is 1. The van der Waals surface area contributed by atoms with Crippen molar-refractivity contribution in [3.05, 3.63) is 82.4 Å². The number of hydrogen-bond acceptors (Lipinski definition) is 2. The van der Waals surface area contributed by atoms with Crippen molar-refractivity contribution >= 4 is 17.4 Å². The standard InChI is InChI=1S/C22H21FN2O2/c1-13-5-8-18(11-14(13)2)24-22(27)21(26)20-12-15(3)25(16(20)4)19-9-6-17(23)7-10-19/h5-12H,1-4H3,(H,24,27). The van der Waals surface area contributed by atoms with Gasteiger partial charge in [-0.3, -0.25) is 9.59 Å². The van der Waals surface area contributed by atoms with Gasteiger partial charge in [-0.1, -0.05) is 6.07 Å². The molecule has 0 aliphatic rings. The number of nitrogens with zero attached hydrogens (tertiary/aromatic N) is 1. The molecule has 0 spiro atoms. The fraction of sp³-hybridized carbons (Fsp3) is 0.182. The smallest absolute Gasteiger partial charge is 0.296 e. The minimum atomic E-state index is -0.683. The maximum Gasteiger partial charge on any atom is 0.296 e. The summed E-state index contributed by atoms with van der Waals surface area (Å²) >= 11 is 0. The molecular formula is C22H21FN2O2. The highest BCUT2D eigenvalue weighted by Crippen LogP contribution is 2.22. The Morgan fingerprint density at radius 1 is 0.889 bits per heavy atom. The van der Waals surface area contributed by atoms with E-state index in [1.165, 1.54) is 12.1 Å². The van der Waals surface area contributed by atoms with Gasteiger partial charge in [-0.2, -0.15) is 0 Å². The Bertz CT molecular complexity index is 1030. The Hall–Kier alpha value is -3.21. The highest BCUT2D eigenvalue weighted by molar-refractivity contribution is 6.46. The van der Waals surface area contributed by atoms with Crippen molar-refractivity contribution in [1.82, 2.24) is 4.57 Å². The highest BCUT2D eigenvalue weighted by atomic mass is 19.1. The number of halogens is 1. The highest BCUT2D eigenvalue weighted by Gasteiger charge is 2.22. The van der Waals surface area contributed by atoms with Crippen LogP contribution in [-0.4, -0.2) is 16.3 Å². The minimum Gasteiger partial charge on any atom is -0.319 e. The number of nitrogens with one attached hydrogen (secondary N) is 1. The van der Waals surface area contributed by atoms with Crippen LogP contribution in [0.2, 0.25) is 0 Å². The van der Waals surface area contributed by atoms with Crippen molar-refractivity contribution in [3.63, 3.8) is 0 Å². The quantitative estimate of drug-likeness (QED) is 0.540. The third kappa shape index (κ3) is 3.67. The summed E-state index contributed by atoms with van der Waals surface area (Å²) < 4.78 is 15.0. The molecule has 138 valence electrons. The molecule has 1 amide bonds. The van der Waals surface area contributed by atoms with E-state index in [1.54, 1.807) is 31.2 Å². The first-order valence-corrected chi connectivity index (χ1v) is 8.65. The molecule has 0 unspecified atom stereocenters. The Labute approximate surface area is 157 Å². The number of anilines is 1. The first-order valence-electron chi connectivity index (χ1n) is 8.65. The molecule has 0 atom stereocenters. The number of aromatic nitrogens is 1. The largest absolute Gasteiger partial charge is 0.319 e. The van der Waals surface area contributed by atoms with Crippen LogP contribution in [0.4, 0.5) is 10.1 Å². The summed E-state index contributed by atoms with van der Waals surface area (Å²) in [5.74, 6) is -1.61. The van der Waals surface area contributed by atoms with E-state index in [-0.39, 0.29) is 5.82 Å². The summed E-state index contributed by atoms with van der Waals surface area (Å²) in [5.41, 5.74) is 5.24. The molecule has 4 nitrogen and oxygen atoms in total. The molecular weight excluding hydrogens is 343 g/mol. The van der Waals surface area contributed by atoms with Gasteiger partial charge < -0.3 is 9.88 Å². The zero-order valence-electron chi connectivity index (χ0n) is 15.8. The van der Waals surface area contributed by atoms with E-state index < -0.39 is 11.7 Å². The Morgan fingerprint density at radius 3 is 2.19 bits per heavy atom. The molecule has 1 heterocycles. The predicted molar refractivity (Wildman–Crippen MR) is 104 cm³/mol. The van der Waals surface area contributed by atoms with E-state index in [4.69, 9.17) is 0 Å². The van der Waals surface area contributed by atoms with Gasteiger partial charge >= 0.3 is 0 Å². The van der Waals surface area contributed by atoms with Crippen LogP contribution in [0.15, 0.2) is 48.5 Å². The summed E-state index contributed by atoms with van der Waals surface area (Å²) in [6.07, 6.45) is 0. The first kappa shape index (κ1) is 18.6. The number of aryl methyl sites for hydroxylation is 3. The summed E-state index contributed by atoms with van der Waals surface area (Å²) in [5, 5.41) is 2.66. The molecule has 0 fully saturated rings. The van der Waals surface area contributed by atoms with Crippen LogP contribution in [-0.2, 0) is 4.79 Å². The number of rotatable bonds is 4. The third-order valence-electron chi connectivity index (χ3n) is 4.73. The van der Waals surface area contributed by atoms with Gasteiger partial charge in [0.25, 0.3) is 11.7 Å². The van der Waals surface area contributed by atoms with Crippen LogP contribution in [0, 0.1) is 33.5 Å². The number of hydrogen-bond donors (Lipinski definition) is 1. The van der Waals surface area contributed by atoms with Crippen LogP contribution < -0.4 is 5.32 Å². The summed E-state index contributed by atoms with van der Waals surface area (Å²) in [4.78, 5) is 25.1. The third-order valence-corrected chi connectivity index (χ3v) is 4.73. The van der Waals surface area contributed by atoms with Gasteiger partial charge in [0.2, 0.25) is 0 Å². The van der Waals surface area contributed by atoms with Crippen LogP contribution in [0.1, 0.15) is 32.9 Å². The van der Waals surface area contributed by atoms with Crippen LogP contribution >= 0.6 is 0 Å². The molecule has 0 aliphatic carbocycles. The van der Waals surface area contributed by atoms with E-state index in [0.717, 1.165) is 22.5 Å². The van der Waals surface area contributed by atoms with Gasteiger partial charge in [0.05, 0.1) is 0 Å². The molecule has 0 saturated heterocycles. The van der Waals surface area contributed by atoms with Crippen LogP contribution in [0.5, 0.6) is 0 Å². The average molecular weight is 364 g/mol. The monoisotopic (exact) mass is 364 g/mol.